The molecule has 1 aromatic rings. The number of aliphatic hydroxyl groups is 1. The fraction of sp³-hybridized carbons (Fsp3) is 0.600. The molecule has 0 aromatic carbocycles. The van der Waals surface area contributed by atoms with E-state index in [1.54, 1.807) is 6.26 Å². The summed E-state index contributed by atoms with van der Waals surface area (Å²) in [5.41, 5.74) is 0. The van der Waals surface area contributed by atoms with Gasteiger partial charge in [-0.3, -0.25) is 10.1 Å². The van der Waals surface area contributed by atoms with Crippen molar-refractivity contribution in [2.45, 2.75) is 17.6 Å². The molecule has 0 aliphatic carbocycles. The van der Waals surface area contributed by atoms with Crippen molar-refractivity contribution in [3.8, 4) is 0 Å². The number of hydrogen-bond acceptors (Lipinski definition) is 8. The van der Waals surface area contributed by atoms with E-state index in [0.717, 1.165) is 4.68 Å². The van der Waals surface area contributed by atoms with Gasteiger partial charge in [0.05, 0.1) is 4.92 Å². The van der Waals surface area contributed by atoms with Gasteiger partial charge in [0.25, 0.3) is 5.95 Å². The second-order valence-corrected chi connectivity index (χ2v) is 3.44. The van der Waals surface area contributed by atoms with E-state index in [1.165, 1.54) is 11.8 Å². The van der Waals surface area contributed by atoms with Crippen LogP contribution in [0.25, 0.3) is 0 Å². The van der Waals surface area contributed by atoms with Gasteiger partial charge in [-0.25, -0.2) is 0 Å². The Morgan fingerprint density at radius 3 is 3.00 bits per heavy atom. The molecular formula is C5H6N6O3S. The SMILES string of the molecule is CSc1nc2n(n1)C(O)C([N+](=O)[O-])N=N2. The maximum atomic E-state index is 10.5. The highest BCUT2D eigenvalue weighted by Crippen LogP contribution is 2.27. The van der Waals surface area contributed by atoms with Gasteiger partial charge in [-0.15, -0.1) is 15.3 Å². The van der Waals surface area contributed by atoms with Gasteiger partial charge in [-0.05, 0) is 6.26 Å². The molecule has 15 heavy (non-hydrogen) atoms. The molecule has 0 bridgehead atoms. The predicted molar refractivity (Wildman–Crippen MR) is 48.4 cm³/mol. The van der Waals surface area contributed by atoms with Crippen LogP contribution in [0.2, 0.25) is 0 Å². The Kier molecular flexibility index (Phi) is 2.36. The number of aliphatic hydroxyl groups excluding tert-OH is 1. The molecule has 80 valence electrons. The number of fused-ring (bicyclic) bond motifs is 1. The summed E-state index contributed by atoms with van der Waals surface area (Å²) in [6.07, 6.45) is -1.23. The smallest absolute Gasteiger partial charge is 0.364 e. The molecule has 0 radical (unpaired) electrons. The van der Waals surface area contributed by atoms with Gasteiger partial charge in [-0.2, -0.15) is 9.67 Å². The average molecular weight is 230 g/mol. The first-order valence-corrected chi connectivity index (χ1v) is 5.09. The van der Waals surface area contributed by atoms with Crippen LogP contribution >= 0.6 is 11.8 Å². The maximum Gasteiger partial charge on any atom is 0.366 e. The number of aromatic nitrogens is 3. The van der Waals surface area contributed by atoms with Crippen LogP contribution in [0, 0.1) is 10.1 Å². The molecule has 0 amide bonds. The normalized spacial score (nSPS) is 23.9. The van der Waals surface area contributed by atoms with Gasteiger partial charge in [0.1, 0.15) is 0 Å². The Labute approximate surface area is 87.4 Å². The van der Waals surface area contributed by atoms with Crippen molar-refractivity contribution >= 4 is 17.7 Å². The van der Waals surface area contributed by atoms with E-state index >= 15 is 0 Å². The molecule has 0 spiro atoms. The Balaban J connectivity index is 2.39. The lowest BCUT2D eigenvalue weighted by atomic mass is 10.4. The first-order valence-electron chi connectivity index (χ1n) is 3.86. The monoisotopic (exact) mass is 230 g/mol. The molecule has 9 nitrogen and oxygen atoms in total. The topological polar surface area (TPSA) is 119 Å². The number of azo groups is 1. The molecule has 2 atom stereocenters. The van der Waals surface area contributed by atoms with Gasteiger partial charge in [0.15, 0.2) is 0 Å². The predicted octanol–water partition coefficient (Wildman–Crippen LogP) is 0.191. The maximum absolute atomic E-state index is 10.5. The Morgan fingerprint density at radius 1 is 1.67 bits per heavy atom. The van der Waals surface area contributed by atoms with Crippen LogP contribution in [-0.4, -0.2) is 37.2 Å². The third-order valence-corrected chi connectivity index (χ3v) is 2.31. The first kappa shape index (κ1) is 9.98. The van der Waals surface area contributed by atoms with Crippen LogP contribution in [0.3, 0.4) is 0 Å². The van der Waals surface area contributed by atoms with Gasteiger partial charge < -0.3 is 5.11 Å². The zero-order valence-electron chi connectivity index (χ0n) is 7.51. The minimum absolute atomic E-state index is 0.0740. The van der Waals surface area contributed by atoms with Crippen LogP contribution in [0.5, 0.6) is 0 Å². The Morgan fingerprint density at radius 2 is 2.40 bits per heavy atom. The van der Waals surface area contributed by atoms with Crippen molar-refractivity contribution in [2.75, 3.05) is 6.26 Å². The lowest BCUT2D eigenvalue weighted by Gasteiger charge is -2.15. The number of thioether (sulfide) groups is 1. The summed E-state index contributed by atoms with van der Waals surface area (Å²) in [7, 11) is 0. The third-order valence-electron chi connectivity index (χ3n) is 1.78. The number of hydrogen-bond donors (Lipinski definition) is 1. The van der Waals surface area contributed by atoms with Crippen molar-refractivity contribution in [2.24, 2.45) is 10.2 Å². The Bertz CT molecular complexity index is 430. The minimum atomic E-state index is -1.52. The summed E-state index contributed by atoms with van der Waals surface area (Å²) in [5, 5.41) is 31.1. The van der Waals surface area contributed by atoms with Crippen LogP contribution in [0.15, 0.2) is 15.4 Å². The van der Waals surface area contributed by atoms with E-state index in [2.05, 4.69) is 20.3 Å². The molecule has 1 aliphatic heterocycles. The molecule has 2 rings (SSSR count). The lowest BCUT2D eigenvalue weighted by Crippen LogP contribution is -2.31. The highest BCUT2D eigenvalue weighted by atomic mass is 32.2. The number of nitrogens with zero attached hydrogens (tertiary/aromatic N) is 6. The Hall–Kier alpha value is -1.55. The van der Waals surface area contributed by atoms with Crippen molar-refractivity contribution in [3.63, 3.8) is 0 Å². The standard InChI is InChI=1S/C5H6N6O3S/c1-15-5-6-4-8-7-2(11(13)14)3(12)10(4)9-5/h2-3,12H,1H3. The van der Waals surface area contributed by atoms with Crippen LogP contribution in [-0.2, 0) is 0 Å². The van der Waals surface area contributed by atoms with E-state index in [4.69, 9.17) is 0 Å². The first-order chi connectivity index (χ1) is 7.13. The molecule has 10 heteroatoms. The zero-order valence-corrected chi connectivity index (χ0v) is 8.33. The zero-order chi connectivity index (χ0) is 11.0. The van der Waals surface area contributed by atoms with E-state index in [0.29, 0.717) is 5.16 Å². The number of nitro groups is 1. The van der Waals surface area contributed by atoms with E-state index in [-0.39, 0.29) is 5.95 Å². The third kappa shape index (κ3) is 1.57. The molecular weight excluding hydrogens is 224 g/mol. The van der Waals surface area contributed by atoms with E-state index in [1.807, 2.05) is 0 Å². The summed E-state index contributed by atoms with van der Waals surface area (Å²) in [6.45, 7) is 0. The van der Waals surface area contributed by atoms with Crippen molar-refractivity contribution in [1.29, 1.82) is 0 Å². The summed E-state index contributed by atoms with van der Waals surface area (Å²) in [5.74, 6) is 0.0740. The largest absolute Gasteiger partial charge is 0.366 e. The highest BCUT2D eigenvalue weighted by molar-refractivity contribution is 7.98. The molecule has 2 unspecified atom stereocenters. The van der Waals surface area contributed by atoms with Crippen LogP contribution in [0.1, 0.15) is 6.23 Å². The fourth-order valence-corrected chi connectivity index (χ4v) is 1.42. The van der Waals surface area contributed by atoms with Crippen LogP contribution < -0.4 is 0 Å². The van der Waals surface area contributed by atoms with Crippen LogP contribution in [0.4, 0.5) is 5.95 Å². The van der Waals surface area contributed by atoms with Crippen molar-refractivity contribution in [1.82, 2.24) is 14.8 Å². The van der Waals surface area contributed by atoms with Gasteiger partial charge in [0.2, 0.25) is 11.4 Å². The van der Waals surface area contributed by atoms with E-state index in [9.17, 15) is 15.2 Å². The molecule has 2 heterocycles. The van der Waals surface area contributed by atoms with Crippen molar-refractivity contribution in [3.05, 3.63) is 10.1 Å². The van der Waals surface area contributed by atoms with Gasteiger partial charge >= 0.3 is 6.17 Å². The molecule has 1 N–H and O–H groups in total. The second-order valence-electron chi connectivity index (χ2n) is 2.67. The number of rotatable bonds is 2. The average Bonchev–Trinajstić information content (AvgIpc) is 2.61. The van der Waals surface area contributed by atoms with E-state index < -0.39 is 17.3 Å². The molecule has 0 saturated carbocycles. The van der Waals surface area contributed by atoms with Gasteiger partial charge in [-0.1, -0.05) is 11.8 Å². The van der Waals surface area contributed by atoms with Gasteiger partial charge in [0, 0.05) is 0 Å². The summed E-state index contributed by atoms with van der Waals surface area (Å²) in [6, 6.07) is 0. The summed E-state index contributed by atoms with van der Waals surface area (Å²) in [4.78, 5) is 13.6. The molecule has 0 fully saturated rings. The highest BCUT2D eigenvalue weighted by Gasteiger charge is 2.37. The summed E-state index contributed by atoms with van der Waals surface area (Å²) >= 11 is 1.25. The quantitative estimate of drug-likeness (QED) is 0.440. The molecule has 1 aliphatic rings. The lowest BCUT2D eigenvalue weighted by molar-refractivity contribution is -0.540. The molecule has 0 saturated heterocycles. The second kappa shape index (κ2) is 3.55. The van der Waals surface area contributed by atoms with Crippen molar-refractivity contribution < 1.29 is 10.0 Å². The summed E-state index contributed by atoms with van der Waals surface area (Å²) < 4.78 is 0.992. The fourth-order valence-electron chi connectivity index (χ4n) is 1.08. The molecule has 1 aromatic heterocycles. The minimum Gasteiger partial charge on any atom is -0.364 e.